The maximum atomic E-state index is 13.3. The summed E-state index contributed by atoms with van der Waals surface area (Å²) in [6, 6.07) is 8.42. The molecular weight excluding hydrogens is 323 g/mol. The second-order valence-electron chi connectivity index (χ2n) is 5.64. The second kappa shape index (κ2) is 6.64. The Bertz CT molecular complexity index is 958. The summed E-state index contributed by atoms with van der Waals surface area (Å²) in [5, 5.41) is 13.7. The molecule has 3 rings (SSSR count). The molecule has 1 N–H and O–H groups in total. The van der Waals surface area contributed by atoms with Gasteiger partial charge in [-0.05, 0) is 37.6 Å². The van der Waals surface area contributed by atoms with Gasteiger partial charge in [0.1, 0.15) is 6.33 Å². The predicted octanol–water partition coefficient (Wildman–Crippen LogP) is 3.18. The van der Waals surface area contributed by atoms with E-state index in [1.807, 2.05) is 32.0 Å². The molecule has 0 aliphatic carbocycles. The van der Waals surface area contributed by atoms with E-state index in [4.69, 9.17) is 0 Å². The van der Waals surface area contributed by atoms with E-state index in [0.29, 0.717) is 5.82 Å². The number of rotatable bonds is 4. The zero-order valence-electron chi connectivity index (χ0n) is 13.6. The van der Waals surface area contributed by atoms with Crippen LogP contribution in [0.5, 0.6) is 0 Å². The first-order chi connectivity index (χ1) is 11.9. The maximum Gasteiger partial charge on any atom is 0.337 e. The van der Waals surface area contributed by atoms with Crippen LogP contribution >= 0.6 is 0 Å². The molecule has 0 fully saturated rings. The highest BCUT2D eigenvalue weighted by Crippen LogP contribution is 2.20. The second-order valence-corrected chi connectivity index (χ2v) is 5.64. The molecule has 0 atom stereocenters. The number of carboxylic acids is 1. The molecule has 0 saturated carbocycles. The molecule has 0 bridgehead atoms. The van der Waals surface area contributed by atoms with Crippen LogP contribution in [0.4, 0.5) is 4.39 Å². The van der Waals surface area contributed by atoms with Crippen molar-refractivity contribution in [1.29, 1.82) is 0 Å². The fourth-order valence-electron chi connectivity index (χ4n) is 2.53. The van der Waals surface area contributed by atoms with Gasteiger partial charge in [-0.3, -0.25) is 0 Å². The minimum atomic E-state index is -1.20. The van der Waals surface area contributed by atoms with Gasteiger partial charge in [0.05, 0.1) is 5.57 Å². The number of hydrogen-bond donors (Lipinski definition) is 1. The minimum absolute atomic E-state index is 0.113. The third-order valence-electron chi connectivity index (χ3n) is 3.52. The summed E-state index contributed by atoms with van der Waals surface area (Å²) in [7, 11) is 0. The van der Waals surface area contributed by atoms with Crippen molar-refractivity contribution < 1.29 is 14.3 Å². The molecule has 0 spiro atoms. The van der Waals surface area contributed by atoms with E-state index in [1.54, 1.807) is 0 Å². The Morgan fingerprint density at radius 3 is 2.52 bits per heavy atom. The predicted molar refractivity (Wildman–Crippen MR) is 90.9 cm³/mol. The van der Waals surface area contributed by atoms with E-state index in [0.717, 1.165) is 22.8 Å². The summed E-state index contributed by atoms with van der Waals surface area (Å²) in [6.45, 7) is 3.96. The number of nitrogens with zero attached hydrogens (tertiary/aromatic N) is 4. The standard InChI is InChI=1S/C18H15FN4O2/c1-11-5-12(2)7-14(6-11)17-21-10-23(22-17)9-15(18(24)25)13-3-4-20-16(19)8-13/h3-10H,1-2H3,(H,24,25)/b15-9+. The van der Waals surface area contributed by atoms with E-state index in [1.165, 1.54) is 29.5 Å². The number of benzene rings is 1. The lowest BCUT2D eigenvalue weighted by molar-refractivity contribution is -0.130. The highest BCUT2D eigenvalue weighted by atomic mass is 19.1. The van der Waals surface area contributed by atoms with Crippen molar-refractivity contribution in [2.45, 2.75) is 13.8 Å². The molecule has 0 amide bonds. The first kappa shape index (κ1) is 16.5. The summed E-state index contributed by atoms with van der Waals surface area (Å²) >= 11 is 0. The van der Waals surface area contributed by atoms with Crippen molar-refractivity contribution in [3.05, 3.63) is 65.5 Å². The van der Waals surface area contributed by atoms with Gasteiger partial charge in [-0.25, -0.2) is 19.4 Å². The van der Waals surface area contributed by atoms with Crippen LogP contribution < -0.4 is 0 Å². The Kier molecular flexibility index (Phi) is 4.38. The van der Waals surface area contributed by atoms with Gasteiger partial charge < -0.3 is 5.11 Å². The zero-order valence-corrected chi connectivity index (χ0v) is 13.6. The molecule has 6 nitrogen and oxygen atoms in total. The fourth-order valence-corrected chi connectivity index (χ4v) is 2.53. The molecule has 1 aromatic carbocycles. The van der Waals surface area contributed by atoms with Crippen molar-refractivity contribution in [1.82, 2.24) is 19.7 Å². The van der Waals surface area contributed by atoms with Crippen LogP contribution in [0.25, 0.3) is 23.2 Å². The van der Waals surface area contributed by atoms with E-state index in [-0.39, 0.29) is 11.1 Å². The summed E-state index contributed by atoms with van der Waals surface area (Å²) < 4.78 is 14.6. The van der Waals surface area contributed by atoms with Gasteiger partial charge in [0.15, 0.2) is 5.82 Å². The van der Waals surface area contributed by atoms with E-state index in [9.17, 15) is 14.3 Å². The number of halogens is 1. The topological polar surface area (TPSA) is 80.9 Å². The van der Waals surface area contributed by atoms with Crippen molar-refractivity contribution in [2.24, 2.45) is 0 Å². The molecule has 0 aliphatic heterocycles. The van der Waals surface area contributed by atoms with Crippen LogP contribution in [0.15, 0.2) is 42.9 Å². The molecule has 0 aliphatic rings. The number of aryl methyl sites for hydroxylation is 2. The van der Waals surface area contributed by atoms with Gasteiger partial charge in [0.2, 0.25) is 5.95 Å². The molecule has 25 heavy (non-hydrogen) atoms. The van der Waals surface area contributed by atoms with E-state index < -0.39 is 11.9 Å². The van der Waals surface area contributed by atoms with Crippen LogP contribution in [0.2, 0.25) is 0 Å². The molecule has 7 heteroatoms. The highest BCUT2D eigenvalue weighted by molar-refractivity contribution is 6.19. The Morgan fingerprint density at radius 1 is 1.16 bits per heavy atom. The summed E-state index contributed by atoms with van der Waals surface area (Å²) in [5.74, 6) is -1.47. The Hall–Kier alpha value is -3.35. The average molecular weight is 338 g/mol. The van der Waals surface area contributed by atoms with Gasteiger partial charge in [-0.15, -0.1) is 5.10 Å². The number of pyridine rings is 1. The van der Waals surface area contributed by atoms with Crippen molar-refractivity contribution in [3.63, 3.8) is 0 Å². The smallest absolute Gasteiger partial charge is 0.337 e. The van der Waals surface area contributed by atoms with Crippen molar-refractivity contribution in [3.8, 4) is 11.4 Å². The maximum absolute atomic E-state index is 13.3. The van der Waals surface area contributed by atoms with Crippen LogP contribution in [-0.2, 0) is 4.79 Å². The largest absolute Gasteiger partial charge is 0.478 e. The lowest BCUT2D eigenvalue weighted by Crippen LogP contribution is -2.03. The fraction of sp³-hybridized carbons (Fsp3) is 0.111. The molecule has 0 radical (unpaired) electrons. The van der Waals surface area contributed by atoms with Crippen LogP contribution in [0.3, 0.4) is 0 Å². The zero-order chi connectivity index (χ0) is 18.0. The first-order valence-electron chi connectivity index (χ1n) is 7.49. The van der Waals surface area contributed by atoms with Gasteiger partial charge in [0.25, 0.3) is 0 Å². The average Bonchev–Trinajstić information content (AvgIpc) is 3.00. The van der Waals surface area contributed by atoms with E-state index in [2.05, 4.69) is 15.1 Å². The third-order valence-corrected chi connectivity index (χ3v) is 3.52. The van der Waals surface area contributed by atoms with Crippen LogP contribution in [-0.4, -0.2) is 30.8 Å². The lowest BCUT2D eigenvalue weighted by Gasteiger charge is -2.03. The SMILES string of the molecule is Cc1cc(C)cc(-c2ncn(/C=C(/C(=O)O)c3ccnc(F)c3)n2)c1. The summed E-state index contributed by atoms with van der Waals surface area (Å²) in [5.41, 5.74) is 3.10. The van der Waals surface area contributed by atoms with Gasteiger partial charge >= 0.3 is 5.97 Å². The quantitative estimate of drug-likeness (QED) is 0.584. The van der Waals surface area contributed by atoms with Gasteiger partial charge in [0, 0.05) is 24.0 Å². The Labute approximate surface area is 143 Å². The van der Waals surface area contributed by atoms with Gasteiger partial charge in [-0.1, -0.05) is 17.2 Å². The van der Waals surface area contributed by atoms with Crippen molar-refractivity contribution >= 4 is 17.7 Å². The molecule has 2 aromatic heterocycles. The Balaban J connectivity index is 2.00. The molecule has 2 heterocycles. The summed E-state index contributed by atoms with van der Waals surface area (Å²) in [4.78, 5) is 19.2. The number of hydrogen-bond acceptors (Lipinski definition) is 4. The monoisotopic (exact) mass is 338 g/mol. The van der Waals surface area contributed by atoms with E-state index >= 15 is 0 Å². The molecule has 0 unspecified atom stereocenters. The first-order valence-corrected chi connectivity index (χ1v) is 7.49. The minimum Gasteiger partial charge on any atom is -0.478 e. The third kappa shape index (κ3) is 3.77. The van der Waals surface area contributed by atoms with Crippen LogP contribution in [0.1, 0.15) is 16.7 Å². The number of carbonyl (C=O) groups is 1. The summed E-state index contributed by atoms with van der Waals surface area (Å²) in [6.07, 6.45) is 3.91. The number of aromatic nitrogens is 4. The van der Waals surface area contributed by atoms with Crippen molar-refractivity contribution in [2.75, 3.05) is 0 Å². The Morgan fingerprint density at radius 2 is 1.88 bits per heavy atom. The lowest BCUT2D eigenvalue weighted by atomic mass is 10.1. The molecule has 126 valence electrons. The highest BCUT2D eigenvalue weighted by Gasteiger charge is 2.13. The normalized spacial score (nSPS) is 11.6. The number of aliphatic carboxylic acids is 1. The van der Waals surface area contributed by atoms with Crippen LogP contribution in [0, 0.1) is 19.8 Å². The molecular formula is C18H15FN4O2. The molecule has 0 saturated heterocycles. The molecule has 3 aromatic rings. The van der Waals surface area contributed by atoms with Gasteiger partial charge in [-0.2, -0.15) is 4.39 Å². The number of carboxylic acid groups (broad SMARTS) is 1.